The van der Waals surface area contributed by atoms with E-state index in [2.05, 4.69) is 60.5 Å². The maximum atomic E-state index is 14.5. The fraction of sp³-hybridized carbons (Fsp3) is 0.744. The van der Waals surface area contributed by atoms with Gasteiger partial charge in [-0.15, -0.1) is 0 Å². The number of carbonyl (C=O) groups excluding carboxylic acids is 20. The minimum absolute atomic E-state index is 0.0225. The Kier molecular flexibility index (Phi) is 32.3. The van der Waals surface area contributed by atoms with Crippen LogP contribution in [-0.4, -0.2) is 477 Å². The molecule has 13 aliphatic rings. The highest BCUT2D eigenvalue weighted by Gasteiger charge is 2.53. The van der Waals surface area contributed by atoms with E-state index in [0.717, 1.165) is 24.5 Å². The lowest BCUT2D eigenvalue weighted by Gasteiger charge is -2.32. The zero-order valence-electron chi connectivity index (χ0n) is 73.1. The number of carboxylic acid groups (broad SMARTS) is 1. The topological polar surface area (TPSA) is 647 Å². The number of nitrogens with one attached hydrogen (secondary N) is 9. The van der Waals surface area contributed by atoms with Crippen molar-refractivity contribution >= 4 is 137 Å². The molecular formula is C82H119N21O28S. The van der Waals surface area contributed by atoms with Gasteiger partial charge in [-0.2, -0.15) is 12.6 Å². The number of nitrogens with zero attached hydrogens (tertiary/aromatic N) is 12. The van der Waals surface area contributed by atoms with E-state index in [1.54, 1.807) is 0 Å². The number of aliphatic hydroxyl groups excluding tert-OH is 6. The third-order valence-electron chi connectivity index (χ3n) is 27.4. The van der Waals surface area contributed by atoms with Gasteiger partial charge in [0.25, 0.3) is 0 Å². The first-order chi connectivity index (χ1) is 63.0. The summed E-state index contributed by atoms with van der Waals surface area (Å²) in [7, 11) is 0. The van der Waals surface area contributed by atoms with E-state index in [0.29, 0.717) is 57.9 Å². The lowest BCUT2D eigenvalue weighted by molar-refractivity contribution is -0.148. The van der Waals surface area contributed by atoms with Crippen LogP contribution in [0.1, 0.15) is 128 Å². The van der Waals surface area contributed by atoms with Gasteiger partial charge in [0.2, 0.25) is 118 Å². The number of hydrogen-bond donors (Lipinski definition) is 17. The fourth-order valence-electron chi connectivity index (χ4n) is 20.9. The molecule has 20 atom stereocenters. The van der Waals surface area contributed by atoms with Crippen LogP contribution in [0.5, 0.6) is 0 Å². The molecule has 0 aromatic rings. The summed E-state index contributed by atoms with van der Waals surface area (Å²) in [5.74, 6) is -15.7. The predicted molar refractivity (Wildman–Crippen MR) is 451 cm³/mol. The highest BCUT2D eigenvalue weighted by atomic mass is 32.1. The molecule has 0 spiro atoms. The first-order valence-electron chi connectivity index (χ1n) is 45.5. The Morgan fingerprint density at radius 2 is 0.508 bits per heavy atom. The molecule has 13 saturated heterocycles. The van der Waals surface area contributed by atoms with Crippen LogP contribution in [0.15, 0.2) is 0 Å². The van der Waals surface area contributed by atoms with Crippen LogP contribution >= 0.6 is 12.6 Å². The standard InChI is InChI=1S/C82H119N21O28S/c104-42-22-48(83-28-42)76(125)92-15-1-8-50(92)69(118)84-29-62(110)91-49(41-132)77(126)93-16-2-9-51(93)70(119)85-30-63(111)99-36-43(105)23-57(99)78(127)94-17-3-10-52(94)71(120)86-31-64(112)100-37-44(106)24-58(100)79(128)95-18-4-11-53(95)72(121)87-32-65(113)101-38-45(107)25-59(101)80(129)96-19-5-12-54(96)73(122)88-33-66(114)102-39-46(108)26-60(102)81(130)97-20-6-13-55(97)74(123)89-34-67(115)103-40-47(109)27-61(103)82(131)98-21-7-14-56(98)75(124)90-35-68(116)117/h42-61,83,104-109,132H,1-41H2,(H,84,118)(H,85,119)(H,86,120)(H,87,121)(H,88,122)(H,89,123)(H,90,124)(H,91,110)(H,116,117)/t42-,43-,44-,45-,46-,47-,48+,49+,50+,51+,52+,53+,54+,55+,56+,57+,58+,59+,60+,61+/m1/s1. The monoisotopic (exact) mass is 1880 g/mol. The van der Waals surface area contributed by atoms with Crippen molar-refractivity contribution in [1.29, 1.82) is 0 Å². The Morgan fingerprint density at radius 3 is 0.742 bits per heavy atom. The minimum Gasteiger partial charge on any atom is -0.480 e. The van der Waals surface area contributed by atoms with E-state index in [1.807, 2.05) is 0 Å². The van der Waals surface area contributed by atoms with Crippen molar-refractivity contribution in [1.82, 2.24) is 107 Å². The summed E-state index contributed by atoms with van der Waals surface area (Å²) >= 11 is 4.27. The molecule has 13 fully saturated rings. The van der Waals surface area contributed by atoms with Crippen molar-refractivity contribution in [2.45, 2.75) is 250 Å². The molecule has 16 N–H and O–H groups in total. The lowest BCUT2D eigenvalue weighted by atomic mass is 10.1. The number of thiol groups is 1. The van der Waals surface area contributed by atoms with Gasteiger partial charge in [0.15, 0.2) is 0 Å². The Balaban J connectivity index is 0.533. The summed E-state index contributed by atoms with van der Waals surface area (Å²) in [6.07, 6.45) is -3.69. The largest absolute Gasteiger partial charge is 0.480 e. The number of aliphatic hydroxyl groups is 6. The molecule has 50 heteroatoms. The normalized spacial score (nSPS) is 30.0. The number of hydrogen-bond acceptors (Lipinski definition) is 29. The molecule has 49 nitrogen and oxygen atoms in total. The zero-order valence-corrected chi connectivity index (χ0v) is 74.0. The van der Waals surface area contributed by atoms with E-state index in [9.17, 15) is 131 Å². The second-order valence-electron chi connectivity index (χ2n) is 36.2. The Labute approximate surface area is 762 Å². The lowest BCUT2D eigenvalue weighted by Crippen LogP contribution is -2.57. The van der Waals surface area contributed by atoms with Gasteiger partial charge in [0, 0.05) is 123 Å². The zero-order chi connectivity index (χ0) is 95.0. The smallest absolute Gasteiger partial charge is 0.322 e. The van der Waals surface area contributed by atoms with E-state index in [1.165, 1.54) is 34.3 Å². The summed E-state index contributed by atoms with van der Waals surface area (Å²) in [6.45, 7) is -5.33. The molecule has 132 heavy (non-hydrogen) atoms. The van der Waals surface area contributed by atoms with Gasteiger partial charge < -0.3 is 142 Å². The van der Waals surface area contributed by atoms with Crippen molar-refractivity contribution in [2.75, 3.05) is 137 Å². The molecule has 0 bridgehead atoms. The molecule has 726 valence electrons. The molecule has 0 aromatic heterocycles. The first kappa shape index (κ1) is 98.4. The maximum Gasteiger partial charge on any atom is 0.322 e. The van der Waals surface area contributed by atoms with Crippen LogP contribution in [0, 0.1) is 0 Å². The molecule has 13 aliphatic heterocycles. The van der Waals surface area contributed by atoms with Gasteiger partial charge >= 0.3 is 5.97 Å². The number of amides is 20. The quantitative estimate of drug-likeness (QED) is 0.0297. The van der Waals surface area contributed by atoms with E-state index in [-0.39, 0.29) is 167 Å². The summed E-state index contributed by atoms with van der Waals surface area (Å²) < 4.78 is 0. The van der Waals surface area contributed by atoms with E-state index >= 15 is 0 Å². The number of likely N-dealkylation sites (tertiary alicyclic amines) is 12. The number of aliphatic carboxylic acids is 1. The molecule has 0 unspecified atom stereocenters. The Bertz CT molecular complexity index is 4500. The van der Waals surface area contributed by atoms with E-state index in [4.69, 9.17) is 5.11 Å². The van der Waals surface area contributed by atoms with Gasteiger partial charge in [-0.25, -0.2) is 0 Å². The molecule has 13 heterocycles. The van der Waals surface area contributed by atoms with Crippen LogP contribution < -0.4 is 47.9 Å². The predicted octanol–water partition coefficient (Wildman–Crippen LogP) is -13.2. The van der Waals surface area contributed by atoms with Gasteiger partial charge in [-0.1, -0.05) is 0 Å². The number of rotatable bonds is 30. The van der Waals surface area contributed by atoms with Crippen molar-refractivity contribution < 1.29 is 136 Å². The summed E-state index contributed by atoms with van der Waals surface area (Å²) in [5.41, 5.74) is 0. The highest BCUT2D eigenvalue weighted by Crippen LogP contribution is 2.34. The van der Waals surface area contributed by atoms with Crippen molar-refractivity contribution in [3.8, 4) is 0 Å². The molecule has 0 aromatic carbocycles. The van der Waals surface area contributed by atoms with Crippen LogP contribution in [-0.2, 0) is 101 Å². The van der Waals surface area contributed by atoms with Crippen LogP contribution in [0.2, 0.25) is 0 Å². The summed E-state index contributed by atoms with van der Waals surface area (Å²) in [6, 6.07) is -15.9. The maximum absolute atomic E-state index is 14.5. The molecular weight excluding hydrogens is 1760 g/mol. The first-order valence-corrected chi connectivity index (χ1v) is 46.1. The third-order valence-corrected chi connectivity index (χ3v) is 27.8. The highest BCUT2D eigenvalue weighted by molar-refractivity contribution is 7.80. The van der Waals surface area contributed by atoms with Crippen molar-refractivity contribution in [3.05, 3.63) is 0 Å². The minimum atomic E-state index is -1.32. The molecule has 20 amide bonds. The van der Waals surface area contributed by atoms with E-state index < -0.39 is 285 Å². The van der Waals surface area contributed by atoms with Gasteiger partial charge in [0.05, 0.1) is 81.9 Å². The molecule has 0 aliphatic carbocycles. The fourth-order valence-corrected chi connectivity index (χ4v) is 21.2. The third kappa shape index (κ3) is 22.2. The Hall–Kier alpha value is -11.1. The van der Waals surface area contributed by atoms with Crippen molar-refractivity contribution in [3.63, 3.8) is 0 Å². The van der Waals surface area contributed by atoms with Crippen molar-refractivity contribution in [2.24, 2.45) is 0 Å². The average Bonchev–Trinajstić information content (AvgIpc) is 1.65. The number of β-amino-alcohol motifs (C(OH)–C–C–N with tert-alkyl or cyclic N) is 6. The second kappa shape index (κ2) is 43.3. The van der Waals surface area contributed by atoms with Gasteiger partial charge in [-0.05, 0) is 96.3 Å². The average molecular weight is 1880 g/mol. The molecule has 13 rings (SSSR count). The van der Waals surface area contributed by atoms with Crippen LogP contribution in [0.3, 0.4) is 0 Å². The number of carboxylic acids is 1. The second-order valence-corrected chi connectivity index (χ2v) is 36.5. The van der Waals surface area contributed by atoms with Crippen LogP contribution in [0.4, 0.5) is 0 Å². The Morgan fingerprint density at radius 1 is 0.280 bits per heavy atom. The van der Waals surface area contributed by atoms with Crippen LogP contribution in [0.25, 0.3) is 0 Å². The molecule has 0 radical (unpaired) electrons. The van der Waals surface area contributed by atoms with Gasteiger partial charge in [-0.3, -0.25) is 101 Å². The SMILES string of the molecule is O=C(O)CNC(=O)[C@@H]1CCCN1C(=O)[C@@H]1C[C@@H](O)CN1C(=O)CNC(=O)[C@@H]1CCCN1C(=O)[C@@H]1C[C@@H](O)CN1C(=O)CNC(=O)[C@@H]1CCCN1C(=O)[C@@H]1C[C@@H](O)CN1C(=O)CNC(=O)[C@@H]1CCCN1C(=O)[C@@H]1C[C@@H](O)CN1C(=O)CNC(=O)[C@@H]1CCCN1C(=O)[C@@H]1C[C@@H](O)CN1C(=O)CNC(=O)[C@@H]1CCCN1C(=O)[C@H](CS)NC(=O)CNC(=O)[C@@H]1CCCN1C(=O)[C@@H]1C[C@@H](O)CN1. The van der Waals surface area contributed by atoms with Gasteiger partial charge in [0.1, 0.15) is 85.1 Å². The molecule has 0 saturated carbocycles. The summed E-state index contributed by atoms with van der Waals surface area (Å²) in [5, 5.41) is 96.0. The summed E-state index contributed by atoms with van der Waals surface area (Å²) in [4.78, 5) is 302. The number of carbonyl (C=O) groups is 21.